The smallest absolute Gasteiger partial charge is 0.0840 e. The Labute approximate surface area is 182 Å². The molecule has 3 rings (SSSR count). The van der Waals surface area contributed by atoms with E-state index >= 15 is 0 Å². The molecule has 1 fully saturated rings. The summed E-state index contributed by atoms with van der Waals surface area (Å²) < 4.78 is 6.64. The lowest BCUT2D eigenvalue weighted by molar-refractivity contribution is -0.0696. The Balaban J connectivity index is 1.87. The Kier molecular flexibility index (Phi) is 7.18. The molecule has 0 saturated carbocycles. The summed E-state index contributed by atoms with van der Waals surface area (Å²) in [7, 11) is 0. The Bertz CT molecular complexity index is 848. The number of hydrogen-bond acceptors (Lipinski definition) is 3. The summed E-state index contributed by atoms with van der Waals surface area (Å²) in [6.07, 6.45) is 4.06. The summed E-state index contributed by atoms with van der Waals surface area (Å²) in [5.74, 6) is 0.215. The van der Waals surface area contributed by atoms with E-state index in [-0.39, 0.29) is 24.7 Å². The van der Waals surface area contributed by atoms with E-state index < -0.39 is 0 Å². The fourth-order valence-corrected chi connectivity index (χ4v) is 4.85. The molecule has 3 N–H and O–H groups in total. The number of ether oxygens (including phenoxy) is 1. The zero-order chi connectivity index (χ0) is 20.3. The predicted molar refractivity (Wildman–Crippen MR) is 126 cm³/mol. The number of benzene rings is 2. The molecule has 0 aromatic heterocycles. The van der Waals surface area contributed by atoms with Crippen molar-refractivity contribution in [2.24, 2.45) is 0 Å². The van der Waals surface area contributed by atoms with E-state index in [0.29, 0.717) is 3.92 Å². The minimum absolute atomic E-state index is 0.0139. The first-order chi connectivity index (χ1) is 13.4. The van der Waals surface area contributed by atoms with Gasteiger partial charge in [-0.2, -0.15) is 0 Å². The van der Waals surface area contributed by atoms with Gasteiger partial charge in [-0.05, 0) is 55.0 Å². The normalized spacial score (nSPS) is 24.2. The van der Waals surface area contributed by atoms with Crippen molar-refractivity contribution in [3.63, 3.8) is 0 Å². The maximum Gasteiger partial charge on any atom is 0.0840 e. The van der Waals surface area contributed by atoms with Crippen LogP contribution in [0.25, 0.3) is 6.08 Å². The second kappa shape index (κ2) is 9.42. The SMILES string of the molecule is C/C(=C\c1ccccc1C)C(C)c1cc(C2CC(I)CC(CO)O2)ccc1N. The van der Waals surface area contributed by atoms with Crippen LogP contribution in [0, 0.1) is 6.92 Å². The highest BCUT2D eigenvalue weighted by Gasteiger charge is 2.29. The van der Waals surface area contributed by atoms with E-state index in [1.165, 1.54) is 16.7 Å². The van der Waals surface area contributed by atoms with Gasteiger partial charge >= 0.3 is 0 Å². The molecule has 3 nitrogen and oxygen atoms in total. The van der Waals surface area contributed by atoms with Gasteiger partial charge in [0.15, 0.2) is 0 Å². The van der Waals surface area contributed by atoms with Crippen LogP contribution in [0.3, 0.4) is 0 Å². The van der Waals surface area contributed by atoms with Crippen molar-refractivity contribution in [2.75, 3.05) is 12.3 Å². The van der Waals surface area contributed by atoms with Crippen LogP contribution >= 0.6 is 22.6 Å². The molecule has 0 radical (unpaired) electrons. The average molecular weight is 491 g/mol. The van der Waals surface area contributed by atoms with E-state index in [0.717, 1.165) is 29.7 Å². The Morgan fingerprint density at radius 1 is 1.29 bits per heavy atom. The minimum Gasteiger partial charge on any atom is -0.398 e. The lowest BCUT2D eigenvalue weighted by Crippen LogP contribution is -2.31. The number of halogens is 1. The van der Waals surface area contributed by atoms with Gasteiger partial charge in [-0.1, -0.05) is 77.6 Å². The van der Waals surface area contributed by atoms with Crippen molar-refractivity contribution >= 4 is 34.4 Å². The van der Waals surface area contributed by atoms with Gasteiger partial charge < -0.3 is 15.6 Å². The number of allylic oxidation sites excluding steroid dienone is 1. The standard InChI is InChI=1S/C24H30INO2/c1-15-6-4-5-7-18(15)10-16(2)17(3)22-11-19(8-9-23(22)26)24-13-20(25)12-21(14-27)28-24/h4-11,17,20-21,24,27H,12-14,26H2,1-3H3/b16-10+. The molecule has 1 saturated heterocycles. The molecular formula is C24H30INO2. The third-order valence-electron chi connectivity index (χ3n) is 5.75. The van der Waals surface area contributed by atoms with E-state index in [2.05, 4.69) is 85.8 Å². The second-order valence-corrected chi connectivity index (χ2v) is 9.61. The first-order valence-corrected chi connectivity index (χ1v) is 11.2. The molecule has 1 heterocycles. The first-order valence-electron chi connectivity index (χ1n) is 9.92. The van der Waals surface area contributed by atoms with Crippen LogP contribution in [0.2, 0.25) is 0 Å². The molecule has 0 aliphatic carbocycles. The molecule has 28 heavy (non-hydrogen) atoms. The minimum atomic E-state index is -0.0817. The van der Waals surface area contributed by atoms with Crippen LogP contribution in [-0.2, 0) is 4.74 Å². The molecule has 0 amide bonds. The molecule has 4 heteroatoms. The van der Waals surface area contributed by atoms with Crippen LogP contribution in [0.15, 0.2) is 48.0 Å². The third kappa shape index (κ3) is 4.97. The van der Waals surface area contributed by atoms with Crippen LogP contribution in [0.5, 0.6) is 0 Å². The van der Waals surface area contributed by atoms with E-state index in [1.807, 2.05) is 6.07 Å². The monoisotopic (exact) mass is 491 g/mol. The highest BCUT2D eigenvalue weighted by Crippen LogP contribution is 2.38. The van der Waals surface area contributed by atoms with Gasteiger partial charge in [-0.3, -0.25) is 0 Å². The summed E-state index contributed by atoms with van der Waals surface area (Å²) in [5.41, 5.74) is 13.3. The summed E-state index contributed by atoms with van der Waals surface area (Å²) in [6, 6.07) is 14.7. The van der Waals surface area contributed by atoms with Crippen molar-refractivity contribution in [3.05, 3.63) is 70.3 Å². The number of aliphatic hydroxyl groups excluding tert-OH is 1. The molecular weight excluding hydrogens is 461 g/mol. The van der Waals surface area contributed by atoms with Gasteiger partial charge in [0.25, 0.3) is 0 Å². The Morgan fingerprint density at radius 2 is 2.04 bits per heavy atom. The van der Waals surface area contributed by atoms with Crippen molar-refractivity contribution in [3.8, 4) is 0 Å². The van der Waals surface area contributed by atoms with Gasteiger partial charge in [0.05, 0.1) is 18.8 Å². The maximum atomic E-state index is 9.54. The maximum absolute atomic E-state index is 9.54. The average Bonchev–Trinajstić information content (AvgIpc) is 2.69. The molecule has 0 bridgehead atoms. The number of hydrogen-bond donors (Lipinski definition) is 2. The van der Waals surface area contributed by atoms with Gasteiger partial charge in [0.1, 0.15) is 0 Å². The van der Waals surface area contributed by atoms with Crippen LogP contribution in [0.1, 0.15) is 61.0 Å². The number of alkyl halides is 1. The number of nitrogens with two attached hydrogens (primary N) is 1. The molecule has 1 aliphatic rings. The van der Waals surface area contributed by atoms with Crippen molar-refractivity contribution in [2.45, 2.75) is 55.7 Å². The number of anilines is 1. The van der Waals surface area contributed by atoms with Crippen LogP contribution < -0.4 is 5.73 Å². The number of aryl methyl sites for hydroxylation is 1. The molecule has 2 aromatic rings. The van der Waals surface area contributed by atoms with E-state index in [1.54, 1.807) is 0 Å². The number of nitrogen functional groups attached to an aromatic ring is 1. The molecule has 4 atom stereocenters. The quantitative estimate of drug-likeness (QED) is 0.316. The van der Waals surface area contributed by atoms with Gasteiger partial charge in [0, 0.05) is 15.5 Å². The van der Waals surface area contributed by atoms with Crippen LogP contribution in [0.4, 0.5) is 5.69 Å². The van der Waals surface area contributed by atoms with Crippen LogP contribution in [-0.4, -0.2) is 21.7 Å². The molecule has 4 unspecified atom stereocenters. The second-order valence-electron chi connectivity index (χ2n) is 7.85. The largest absolute Gasteiger partial charge is 0.398 e. The molecule has 0 spiro atoms. The zero-order valence-electron chi connectivity index (χ0n) is 16.9. The third-order valence-corrected chi connectivity index (χ3v) is 6.77. The number of rotatable bonds is 5. The molecule has 1 aliphatic heterocycles. The van der Waals surface area contributed by atoms with E-state index in [4.69, 9.17) is 10.5 Å². The lowest BCUT2D eigenvalue weighted by Gasteiger charge is -2.33. The Morgan fingerprint density at radius 3 is 2.75 bits per heavy atom. The van der Waals surface area contributed by atoms with Crippen molar-refractivity contribution < 1.29 is 9.84 Å². The van der Waals surface area contributed by atoms with Crippen molar-refractivity contribution in [1.82, 2.24) is 0 Å². The summed E-state index contributed by atoms with van der Waals surface area (Å²) in [6.45, 7) is 6.59. The summed E-state index contributed by atoms with van der Waals surface area (Å²) in [5, 5.41) is 9.54. The lowest BCUT2D eigenvalue weighted by atomic mass is 9.88. The van der Waals surface area contributed by atoms with E-state index in [9.17, 15) is 5.11 Å². The summed E-state index contributed by atoms with van der Waals surface area (Å²) in [4.78, 5) is 0. The number of aliphatic hydroxyl groups is 1. The highest BCUT2D eigenvalue weighted by molar-refractivity contribution is 14.1. The zero-order valence-corrected chi connectivity index (χ0v) is 19.0. The fourth-order valence-electron chi connectivity index (χ4n) is 3.82. The van der Waals surface area contributed by atoms with Gasteiger partial charge in [0.2, 0.25) is 0 Å². The van der Waals surface area contributed by atoms with Crippen molar-refractivity contribution in [1.29, 1.82) is 0 Å². The fraction of sp³-hybridized carbons (Fsp3) is 0.417. The van der Waals surface area contributed by atoms with Gasteiger partial charge in [-0.15, -0.1) is 0 Å². The summed E-state index contributed by atoms with van der Waals surface area (Å²) >= 11 is 2.47. The molecule has 2 aromatic carbocycles. The predicted octanol–water partition coefficient (Wildman–Crippen LogP) is 5.80. The highest BCUT2D eigenvalue weighted by atomic mass is 127. The first kappa shape index (κ1) is 21.3. The topological polar surface area (TPSA) is 55.5 Å². The molecule has 150 valence electrons. The van der Waals surface area contributed by atoms with Gasteiger partial charge in [-0.25, -0.2) is 0 Å². The Hall–Kier alpha value is -1.37.